The minimum absolute atomic E-state index is 0.186. The van der Waals surface area contributed by atoms with Gasteiger partial charge in [-0.2, -0.15) is 0 Å². The Bertz CT molecular complexity index is 1030. The van der Waals surface area contributed by atoms with Gasteiger partial charge < -0.3 is 4.74 Å². The van der Waals surface area contributed by atoms with Crippen LogP contribution in [0, 0.1) is 5.82 Å². The molecule has 5 nitrogen and oxygen atoms in total. The highest BCUT2D eigenvalue weighted by Crippen LogP contribution is 2.29. The lowest BCUT2D eigenvalue weighted by Gasteiger charge is -2.14. The SMILES string of the molecule is O=C1OCC[C@H]1Sc1nc2ccccc2c(=O)n1Cc1ccc(F)cc1. The Morgan fingerprint density at radius 2 is 1.92 bits per heavy atom. The lowest BCUT2D eigenvalue weighted by Crippen LogP contribution is -2.25. The molecular formula is C19H15FN2O3S. The van der Waals surface area contributed by atoms with Gasteiger partial charge in [-0.3, -0.25) is 14.2 Å². The van der Waals surface area contributed by atoms with Crippen LogP contribution in [0.2, 0.25) is 0 Å². The molecule has 26 heavy (non-hydrogen) atoms. The molecule has 1 fully saturated rings. The summed E-state index contributed by atoms with van der Waals surface area (Å²) < 4.78 is 19.7. The number of carbonyl (C=O) groups excluding carboxylic acids is 1. The first-order valence-corrected chi connectivity index (χ1v) is 9.07. The minimum atomic E-state index is -0.373. The third kappa shape index (κ3) is 3.22. The van der Waals surface area contributed by atoms with Crippen molar-refractivity contribution >= 4 is 28.6 Å². The Morgan fingerprint density at radius 1 is 1.15 bits per heavy atom. The van der Waals surface area contributed by atoms with Gasteiger partial charge in [-0.15, -0.1) is 0 Å². The molecule has 1 saturated heterocycles. The molecule has 132 valence electrons. The Labute approximate surface area is 152 Å². The number of hydrogen-bond donors (Lipinski definition) is 0. The summed E-state index contributed by atoms with van der Waals surface area (Å²) in [5, 5.41) is 0.595. The fourth-order valence-corrected chi connectivity index (χ4v) is 3.92. The molecule has 1 aliphatic rings. The number of thioether (sulfide) groups is 1. The van der Waals surface area contributed by atoms with E-state index >= 15 is 0 Å². The predicted octanol–water partition coefficient (Wildman–Crippen LogP) is 2.99. The van der Waals surface area contributed by atoms with E-state index < -0.39 is 0 Å². The van der Waals surface area contributed by atoms with E-state index in [0.29, 0.717) is 29.1 Å². The van der Waals surface area contributed by atoms with Crippen LogP contribution in [-0.4, -0.2) is 27.4 Å². The number of esters is 1. The zero-order valence-corrected chi connectivity index (χ0v) is 14.5. The number of carbonyl (C=O) groups is 1. The smallest absolute Gasteiger partial charge is 0.319 e. The molecule has 0 spiro atoms. The van der Waals surface area contributed by atoms with Crippen molar-refractivity contribution in [3.63, 3.8) is 0 Å². The van der Waals surface area contributed by atoms with Gasteiger partial charge in [0.15, 0.2) is 5.16 Å². The van der Waals surface area contributed by atoms with Crippen LogP contribution in [0.25, 0.3) is 10.9 Å². The Hall–Kier alpha value is -2.67. The van der Waals surface area contributed by atoms with Crippen LogP contribution in [0.1, 0.15) is 12.0 Å². The molecule has 7 heteroatoms. The van der Waals surface area contributed by atoms with E-state index in [1.807, 2.05) is 6.07 Å². The van der Waals surface area contributed by atoms with Gasteiger partial charge in [0.1, 0.15) is 11.1 Å². The van der Waals surface area contributed by atoms with E-state index in [9.17, 15) is 14.0 Å². The van der Waals surface area contributed by atoms with Gasteiger partial charge in [0.05, 0.1) is 24.1 Å². The van der Waals surface area contributed by atoms with E-state index in [1.54, 1.807) is 30.3 Å². The summed E-state index contributed by atoms with van der Waals surface area (Å²) in [7, 11) is 0. The second-order valence-corrected chi connectivity index (χ2v) is 7.16. The van der Waals surface area contributed by atoms with Gasteiger partial charge in [0.25, 0.3) is 5.56 Å². The van der Waals surface area contributed by atoms with Gasteiger partial charge in [-0.05, 0) is 29.8 Å². The highest BCUT2D eigenvalue weighted by Gasteiger charge is 2.29. The third-order valence-corrected chi connectivity index (χ3v) is 5.45. The van der Waals surface area contributed by atoms with Gasteiger partial charge in [0, 0.05) is 6.42 Å². The average molecular weight is 370 g/mol. The first kappa shape index (κ1) is 16.8. The number of halogens is 1. The molecule has 0 saturated carbocycles. The van der Waals surface area contributed by atoms with E-state index in [-0.39, 0.29) is 29.1 Å². The van der Waals surface area contributed by atoms with Crippen molar-refractivity contribution in [1.82, 2.24) is 9.55 Å². The minimum Gasteiger partial charge on any atom is -0.465 e. The summed E-state index contributed by atoms with van der Waals surface area (Å²) in [6, 6.07) is 13.1. The van der Waals surface area contributed by atoms with Crippen LogP contribution in [0.3, 0.4) is 0 Å². The molecule has 0 aliphatic carbocycles. The summed E-state index contributed by atoms with van der Waals surface area (Å²) in [6.07, 6.45) is 0.586. The molecule has 0 N–H and O–H groups in total. The van der Waals surface area contributed by atoms with Crippen molar-refractivity contribution in [1.29, 1.82) is 0 Å². The Balaban J connectivity index is 1.80. The number of para-hydroxylation sites is 1. The number of hydrogen-bond acceptors (Lipinski definition) is 5. The van der Waals surface area contributed by atoms with Crippen molar-refractivity contribution in [2.75, 3.05) is 6.61 Å². The zero-order chi connectivity index (χ0) is 18.1. The quantitative estimate of drug-likeness (QED) is 0.522. The van der Waals surface area contributed by atoms with E-state index in [4.69, 9.17) is 4.74 Å². The monoisotopic (exact) mass is 370 g/mol. The van der Waals surface area contributed by atoms with Gasteiger partial charge >= 0.3 is 5.97 Å². The summed E-state index contributed by atoms with van der Waals surface area (Å²) in [5.74, 6) is -0.619. The highest BCUT2D eigenvalue weighted by atomic mass is 32.2. The maximum Gasteiger partial charge on any atom is 0.319 e. The maximum absolute atomic E-state index is 13.2. The molecule has 2 aromatic carbocycles. The van der Waals surface area contributed by atoms with Gasteiger partial charge in [0.2, 0.25) is 0 Å². The number of benzene rings is 2. The molecule has 4 rings (SSSR count). The number of ether oxygens (including phenoxy) is 1. The molecule has 0 unspecified atom stereocenters. The van der Waals surface area contributed by atoms with Crippen LogP contribution in [0.15, 0.2) is 58.5 Å². The number of rotatable bonds is 4. The zero-order valence-electron chi connectivity index (χ0n) is 13.7. The van der Waals surface area contributed by atoms with Gasteiger partial charge in [-0.1, -0.05) is 36.0 Å². The number of aromatic nitrogens is 2. The Morgan fingerprint density at radius 3 is 2.65 bits per heavy atom. The molecule has 1 aromatic heterocycles. The molecule has 1 atom stereocenters. The number of cyclic esters (lactones) is 1. The molecule has 1 aliphatic heterocycles. The van der Waals surface area contributed by atoms with Crippen molar-refractivity contribution in [3.8, 4) is 0 Å². The summed E-state index contributed by atoms with van der Waals surface area (Å²) >= 11 is 1.24. The molecule has 0 amide bonds. The largest absolute Gasteiger partial charge is 0.465 e. The normalized spacial score (nSPS) is 16.8. The fourth-order valence-electron chi connectivity index (χ4n) is 2.86. The molecule has 3 aromatic rings. The number of fused-ring (bicyclic) bond motifs is 1. The molecule has 0 radical (unpaired) electrons. The van der Waals surface area contributed by atoms with Crippen molar-refractivity contribution in [2.24, 2.45) is 0 Å². The van der Waals surface area contributed by atoms with Gasteiger partial charge in [-0.25, -0.2) is 9.37 Å². The standard InChI is InChI=1S/C19H15FN2O3S/c20-13-7-5-12(6-8-13)11-22-17(23)14-3-1-2-4-15(14)21-19(22)26-16-9-10-25-18(16)24/h1-8,16H,9-11H2/t16-/m1/s1. The van der Waals surface area contributed by atoms with Crippen LogP contribution in [0.4, 0.5) is 4.39 Å². The summed E-state index contributed by atoms with van der Waals surface area (Å²) in [6.45, 7) is 0.632. The highest BCUT2D eigenvalue weighted by molar-refractivity contribution is 8.00. The molecule has 2 heterocycles. The first-order valence-electron chi connectivity index (χ1n) is 8.19. The van der Waals surface area contributed by atoms with E-state index in [1.165, 1.54) is 28.5 Å². The second-order valence-electron chi connectivity index (χ2n) is 5.99. The van der Waals surface area contributed by atoms with E-state index in [0.717, 1.165) is 5.56 Å². The lowest BCUT2D eigenvalue weighted by atomic mass is 10.2. The third-order valence-electron chi connectivity index (χ3n) is 4.22. The van der Waals surface area contributed by atoms with E-state index in [2.05, 4.69) is 4.98 Å². The van der Waals surface area contributed by atoms with Crippen molar-refractivity contribution in [2.45, 2.75) is 23.4 Å². The molecule has 0 bridgehead atoms. The molecular weight excluding hydrogens is 355 g/mol. The Kier molecular flexibility index (Phi) is 4.46. The van der Waals surface area contributed by atoms with Crippen LogP contribution < -0.4 is 5.56 Å². The fraction of sp³-hybridized carbons (Fsp3) is 0.211. The van der Waals surface area contributed by atoms with Crippen molar-refractivity contribution in [3.05, 3.63) is 70.3 Å². The van der Waals surface area contributed by atoms with Crippen LogP contribution in [0.5, 0.6) is 0 Å². The second kappa shape index (κ2) is 6.92. The lowest BCUT2D eigenvalue weighted by molar-refractivity contribution is -0.137. The predicted molar refractivity (Wildman–Crippen MR) is 96.7 cm³/mol. The topological polar surface area (TPSA) is 61.2 Å². The maximum atomic E-state index is 13.2. The summed E-state index contributed by atoms with van der Waals surface area (Å²) in [5.41, 5.74) is 1.18. The van der Waals surface area contributed by atoms with Crippen LogP contribution in [-0.2, 0) is 16.1 Å². The first-order chi connectivity index (χ1) is 12.6. The van der Waals surface area contributed by atoms with Crippen LogP contribution >= 0.6 is 11.8 Å². The average Bonchev–Trinajstić information content (AvgIpc) is 3.05. The summed E-state index contributed by atoms with van der Waals surface area (Å²) in [4.78, 5) is 29.4. The number of nitrogens with zero attached hydrogens (tertiary/aromatic N) is 2. The van der Waals surface area contributed by atoms with Crippen molar-refractivity contribution < 1.29 is 13.9 Å².